The van der Waals surface area contributed by atoms with Gasteiger partial charge in [-0.2, -0.15) is 0 Å². The van der Waals surface area contributed by atoms with Gasteiger partial charge in [0.05, 0.1) is 18.1 Å². The molecule has 2 aromatic rings. The van der Waals surface area contributed by atoms with Crippen LogP contribution in [0.1, 0.15) is 30.0 Å². The van der Waals surface area contributed by atoms with Crippen molar-refractivity contribution in [3.8, 4) is 11.5 Å². The van der Waals surface area contributed by atoms with E-state index in [1.54, 1.807) is 20.1 Å². The van der Waals surface area contributed by atoms with Crippen molar-refractivity contribution in [1.29, 1.82) is 0 Å². The molecule has 3 rings (SSSR count). The van der Waals surface area contributed by atoms with Gasteiger partial charge in [0.15, 0.2) is 6.61 Å². The lowest BCUT2D eigenvalue weighted by molar-refractivity contribution is -0.385. The van der Waals surface area contributed by atoms with E-state index in [9.17, 15) is 14.9 Å². The van der Waals surface area contributed by atoms with Gasteiger partial charge >= 0.3 is 0 Å². The van der Waals surface area contributed by atoms with Gasteiger partial charge in [-0.25, -0.2) is 0 Å². The number of nitro benzene ring substituents is 1. The summed E-state index contributed by atoms with van der Waals surface area (Å²) in [5, 5.41) is 13.9. The van der Waals surface area contributed by atoms with Crippen LogP contribution in [0.5, 0.6) is 11.5 Å². The number of nitrogens with zero attached hydrogens (tertiary/aromatic N) is 1. The first-order valence-electron chi connectivity index (χ1n) is 8.79. The van der Waals surface area contributed by atoms with Crippen molar-refractivity contribution in [1.82, 2.24) is 5.32 Å². The topological polar surface area (TPSA) is 90.7 Å². The molecule has 7 heteroatoms. The number of hydrogen-bond acceptors (Lipinski definition) is 5. The summed E-state index contributed by atoms with van der Waals surface area (Å²) in [6.45, 7) is 1.49. The van der Waals surface area contributed by atoms with E-state index in [1.165, 1.54) is 12.1 Å². The highest BCUT2D eigenvalue weighted by Crippen LogP contribution is 2.41. The lowest BCUT2D eigenvalue weighted by atomic mass is 10.0. The average Bonchev–Trinajstić information content (AvgIpc) is 3.49. The Bertz CT molecular complexity index is 831. The smallest absolute Gasteiger partial charge is 0.272 e. The van der Waals surface area contributed by atoms with E-state index >= 15 is 0 Å². The molecule has 1 aliphatic rings. The number of carbonyl (C=O) groups excluding carboxylic acids is 1. The molecule has 27 heavy (non-hydrogen) atoms. The van der Waals surface area contributed by atoms with E-state index in [4.69, 9.17) is 9.47 Å². The third-order valence-electron chi connectivity index (χ3n) is 4.62. The van der Waals surface area contributed by atoms with Gasteiger partial charge in [-0.05, 0) is 55.5 Å². The summed E-state index contributed by atoms with van der Waals surface area (Å²) in [7, 11) is 1.62. The lowest BCUT2D eigenvalue weighted by Gasteiger charge is -2.19. The van der Waals surface area contributed by atoms with Crippen molar-refractivity contribution in [3.05, 3.63) is 63.7 Å². The Morgan fingerprint density at radius 2 is 1.89 bits per heavy atom. The third kappa shape index (κ3) is 4.75. The number of hydrogen-bond donors (Lipinski definition) is 1. The Hall–Kier alpha value is -3.09. The number of nitrogens with one attached hydrogen (secondary N) is 1. The van der Waals surface area contributed by atoms with Crippen molar-refractivity contribution in [3.63, 3.8) is 0 Å². The molecule has 0 radical (unpaired) electrons. The van der Waals surface area contributed by atoms with Gasteiger partial charge in [0.25, 0.3) is 11.6 Å². The van der Waals surface area contributed by atoms with E-state index < -0.39 is 4.92 Å². The zero-order valence-electron chi connectivity index (χ0n) is 15.3. The number of aryl methyl sites for hydroxylation is 1. The number of amides is 1. The molecule has 0 spiro atoms. The summed E-state index contributed by atoms with van der Waals surface area (Å²) < 4.78 is 10.7. The van der Waals surface area contributed by atoms with E-state index in [0.717, 1.165) is 24.2 Å². The third-order valence-corrected chi connectivity index (χ3v) is 4.62. The number of ether oxygens (including phenoxy) is 2. The lowest BCUT2D eigenvalue weighted by Crippen LogP contribution is -2.33. The Labute approximate surface area is 157 Å². The number of methoxy groups -OCH3 is 1. The molecule has 1 aliphatic carbocycles. The highest BCUT2D eigenvalue weighted by atomic mass is 16.6. The minimum atomic E-state index is -0.444. The molecule has 0 heterocycles. The highest BCUT2D eigenvalue weighted by molar-refractivity contribution is 5.78. The largest absolute Gasteiger partial charge is 0.497 e. The minimum Gasteiger partial charge on any atom is -0.497 e. The number of rotatable bonds is 8. The fourth-order valence-corrected chi connectivity index (χ4v) is 3.00. The molecule has 0 aliphatic heterocycles. The molecular weight excluding hydrogens is 348 g/mol. The van der Waals surface area contributed by atoms with Crippen LogP contribution in [0.2, 0.25) is 0 Å². The maximum absolute atomic E-state index is 12.3. The molecule has 1 unspecified atom stereocenters. The van der Waals surface area contributed by atoms with Crippen molar-refractivity contribution < 1.29 is 19.2 Å². The van der Waals surface area contributed by atoms with Crippen LogP contribution in [-0.2, 0) is 4.79 Å². The fourth-order valence-electron chi connectivity index (χ4n) is 3.00. The van der Waals surface area contributed by atoms with Gasteiger partial charge in [-0.3, -0.25) is 14.9 Å². The first-order valence-corrected chi connectivity index (χ1v) is 8.79. The predicted molar refractivity (Wildman–Crippen MR) is 99.9 cm³/mol. The minimum absolute atomic E-state index is 0.0279. The Kier molecular flexibility index (Phi) is 5.59. The maximum atomic E-state index is 12.3. The fraction of sp³-hybridized carbons (Fsp3) is 0.350. The van der Waals surface area contributed by atoms with E-state index in [-0.39, 0.29) is 24.2 Å². The second-order valence-electron chi connectivity index (χ2n) is 6.65. The van der Waals surface area contributed by atoms with Crippen molar-refractivity contribution in [2.24, 2.45) is 5.92 Å². The van der Waals surface area contributed by atoms with Gasteiger partial charge in [-0.15, -0.1) is 0 Å². The molecule has 1 fully saturated rings. The normalized spacial score (nSPS) is 14.3. The summed E-state index contributed by atoms with van der Waals surface area (Å²) in [5.74, 6) is 1.42. The van der Waals surface area contributed by atoms with Crippen LogP contribution >= 0.6 is 0 Å². The molecule has 7 nitrogen and oxygen atoms in total. The van der Waals surface area contributed by atoms with E-state index in [2.05, 4.69) is 5.32 Å². The molecule has 142 valence electrons. The average molecular weight is 370 g/mol. The van der Waals surface area contributed by atoms with Crippen LogP contribution in [0.4, 0.5) is 5.69 Å². The summed E-state index contributed by atoms with van der Waals surface area (Å²) in [6, 6.07) is 12.1. The van der Waals surface area contributed by atoms with Crippen molar-refractivity contribution >= 4 is 11.6 Å². The molecule has 0 saturated heterocycles. The van der Waals surface area contributed by atoms with Crippen molar-refractivity contribution in [2.45, 2.75) is 25.8 Å². The van der Waals surface area contributed by atoms with E-state index in [0.29, 0.717) is 17.2 Å². The van der Waals surface area contributed by atoms with Gasteiger partial charge in [0.2, 0.25) is 0 Å². The standard InChI is InChI=1S/C20H22N2O5/c1-13-11-17(9-10-18(13)22(24)25)27-12-19(23)21-20(14-3-4-14)15-5-7-16(26-2)8-6-15/h5-11,14,20H,3-4,12H2,1-2H3,(H,21,23). The van der Waals surface area contributed by atoms with Crippen LogP contribution in [0, 0.1) is 23.0 Å². The molecule has 1 saturated carbocycles. The van der Waals surface area contributed by atoms with Crippen LogP contribution < -0.4 is 14.8 Å². The Morgan fingerprint density at radius 1 is 1.22 bits per heavy atom. The molecule has 1 atom stereocenters. The van der Waals surface area contributed by atoms with Crippen molar-refractivity contribution in [2.75, 3.05) is 13.7 Å². The second kappa shape index (κ2) is 8.07. The van der Waals surface area contributed by atoms with E-state index in [1.807, 2.05) is 24.3 Å². The summed E-state index contributed by atoms with van der Waals surface area (Å²) in [6.07, 6.45) is 2.17. The summed E-state index contributed by atoms with van der Waals surface area (Å²) in [4.78, 5) is 22.8. The monoisotopic (exact) mass is 370 g/mol. The quantitative estimate of drug-likeness (QED) is 0.567. The van der Waals surface area contributed by atoms with Crippen LogP contribution in [0.15, 0.2) is 42.5 Å². The first kappa shape index (κ1) is 18.7. The predicted octanol–water partition coefficient (Wildman–Crippen LogP) is 3.56. The molecular formula is C20H22N2O5. The number of benzene rings is 2. The number of carbonyl (C=O) groups is 1. The first-order chi connectivity index (χ1) is 13.0. The van der Waals surface area contributed by atoms with Gasteiger partial charge in [0.1, 0.15) is 11.5 Å². The SMILES string of the molecule is COc1ccc(C(NC(=O)COc2ccc([N+](=O)[O-])c(C)c2)C2CC2)cc1. The Morgan fingerprint density at radius 3 is 2.44 bits per heavy atom. The van der Waals surface area contributed by atoms with Gasteiger partial charge in [0, 0.05) is 11.6 Å². The summed E-state index contributed by atoms with van der Waals surface area (Å²) in [5.41, 5.74) is 1.56. The molecule has 0 bridgehead atoms. The van der Waals surface area contributed by atoms with Gasteiger partial charge in [-0.1, -0.05) is 12.1 Å². The Balaban J connectivity index is 1.60. The van der Waals surface area contributed by atoms with Crippen LogP contribution in [0.3, 0.4) is 0 Å². The van der Waals surface area contributed by atoms with Crippen LogP contribution in [0.25, 0.3) is 0 Å². The molecule has 1 amide bonds. The van der Waals surface area contributed by atoms with Gasteiger partial charge < -0.3 is 14.8 Å². The molecule has 1 N–H and O–H groups in total. The zero-order valence-corrected chi connectivity index (χ0v) is 15.3. The number of nitro groups is 1. The summed E-state index contributed by atoms with van der Waals surface area (Å²) >= 11 is 0. The zero-order chi connectivity index (χ0) is 19.4. The molecule has 2 aromatic carbocycles. The maximum Gasteiger partial charge on any atom is 0.272 e. The highest BCUT2D eigenvalue weighted by Gasteiger charge is 2.33. The van der Waals surface area contributed by atoms with Crippen LogP contribution in [-0.4, -0.2) is 24.5 Å². The second-order valence-corrected chi connectivity index (χ2v) is 6.65. The molecule has 0 aromatic heterocycles.